The van der Waals surface area contributed by atoms with Gasteiger partial charge in [0.25, 0.3) is 0 Å². The van der Waals surface area contributed by atoms with Gasteiger partial charge in [0.1, 0.15) is 19.0 Å². The Morgan fingerprint density at radius 3 is 2.92 bits per heavy atom. The van der Waals surface area contributed by atoms with Gasteiger partial charge in [0.2, 0.25) is 11.7 Å². The standard InChI is InChI=1S/C20H20FNO4/c1-24-17-12-15(13-18-20(17)26-10-9-25-18)5-6-19(23)22-8-7-14-3-2-4-16(21)11-14/h2-6,11-13H,7-10H2,1H3,(H,22,23)/b6-5+. The van der Waals surface area contributed by atoms with Crippen LogP contribution in [0.3, 0.4) is 0 Å². The number of ether oxygens (including phenoxy) is 3. The minimum absolute atomic E-state index is 0.227. The molecular weight excluding hydrogens is 337 g/mol. The first-order valence-electron chi connectivity index (χ1n) is 8.33. The SMILES string of the molecule is COc1cc(/C=C/C(=O)NCCc2cccc(F)c2)cc2c1OCCO2. The number of methoxy groups -OCH3 is 1. The van der Waals surface area contributed by atoms with Crippen LogP contribution in [0.4, 0.5) is 4.39 Å². The molecule has 1 heterocycles. The number of carbonyl (C=O) groups is 1. The van der Waals surface area contributed by atoms with Crippen LogP contribution < -0.4 is 19.5 Å². The topological polar surface area (TPSA) is 56.8 Å². The maximum absolute atomic E-state index is 13.1. The van der Waals surface area contributed by atoms with Crippen LogP contribution in [0.2, 0.25) is 0 Å². The van der Waals surface area contributed by atoms with Crippen LogP contribution in [0.15, 0.2) is 42.5 Å². The zero-order valence-corrected chi connectivity index (χ0v) is 14.5. The molecule has 0 fully saturated rings. The van der Waals surface area contributed by atoms with Crippen molar-refractivity contribution >= 4 is 12.0 Å². The molecule has 1 N–H and O–H groups in total. The molecule has 2 aromatic rings. The van der Waals surface area contributed by atoms with Crippen LogP contribution in [-0.4, -0.2) is 32.8 Å². The van der Waals surface area contributed by atoms with E-state index in [1.807, 2.05) is 6.07 Å². The molecule has 1 amide bonds. The van der Waals surface area contributed by atoms with Crippen LogP contribution in [-0.2, 0) is 11.2 Å². The lowest BCUT2D eigenvalue weighted by molar-refractivity contribution is -0.116. The molecule has 26 heavy (non-hydrogen) atoms. The smallest absolute Gasteiger partial charge is 0.244 e. The summed E-state index contributed by atoms with van der Waals surface area (Å²) in [6.07, 6.45) is 3.68. The first kappa shape index (κ1) is 17.8. The molecule has 0 bridgehead atoms. The average molecular weight is 357 g/mol. The molecule has 1 aliphatic heterocycles. The molecule has 136 valence electrons. The van der Waals surface area contributed by atoms with E-state index in [0.29, 0.717) is 43.4 Å². The quantitative estimate of drug-likeness (QED) is 0.808. The van der Waals surface area contributed by atoms with Crippen molar-refractivity contribution in [3.05, 3.63) is 59.4 Å². The second-order valence-electron chi connectivity index (χ2n) is 5.75. The van der Waals surface area contributed by atoms with E-state index in [0.717, 1.165) is 11.1 Å². The second-order valence-corrected chi connectivity index (χ2v) is 5.75. The molecule has 0 saturated heterocycles. The van der Waals surface area contributed by atoms with Gasteiger partial charge in [-0.05, 0) is 47.9 Å². The van der Waals surface area contributed by atoms with E-state index < -0.39 is 0 Å². The Morgan fingerprint density at radius 1 is 1.27 bits per heavy atom. The van der Waals surface area contributed by atoms with Gasteiger partial charge in [-0.1, -0.05) is 12.1 Å². The molecule has 0 aliphatic carbocycles. The van der Waals surface area contributed by atoms with Gasteiger partial charge in [-0.15, -0.1) is 0 Å². The fourth-order valence-electron chi connectivity index (χ4n) is 2.64. The molecule has 0 aromatic heterocycles. The number of amides is 1. The van der Waals surface area contributed by atoms with Crippen molar-refractivity contribution in [2.75, 3.05) is 26.9 Å². The van der Waals surface area contributed by atoms with E-state index >= 15 is 0 Å². The largest absolute Gasteiger partial charge is 0.493 e. The fourth-order valence-corrected chi connectivity index (χ4v) is 2.64. The lowest BCUT2D eigenvalue weighted by Gasteiger charge is -2.20. The molecule has 0 atom stereocenters. The summed E-state index contributed by atoms with van der Waals surface area (Å²) in [5.41, 5.74) is 1.61. The van der Waals surface area contributed by atoms with Gasteiger partial charge in [-0.3, -0.25) is 4.79 Å². The number of nitrogens with one attached hydrogen (secondary N) is 1. The Hall–Kier alpha value is -3.02. The molecule has 0 spiro atoms. The van der Waals surface area contributed by atoms with E-state index in [4.69, 9.17) is 14.2 Å². The van der Waals surface area contributed by atoms with Crippen molar-refractivity contribution in [1.29, 1.82) is 0 Å². The zero-order chi connectivity index (χ0) is 18.4. The van der Waals surface area contributed by atoms with Crippen LogP contribution in [0, 0.1) is 5.82 Å². The van der Waals surface area contributed by atoms with Crippen LogP contribution in [0.1, 0.15) is 11.1 Å². The third-order valence-corrected chi connectivity index (χ3v) is 3.88. The van der Waals surface area contributed by atoms with Gasteiger partial charge in [0.05, 0.1) is 7.11 Å². The maximum Gasteiger partial charge on any atom is 0.244 e. The van der Waals surface area contributed by atoms with E-state index in [1.54, 1.807) is 31.4 Å². The first-order chi connectivity index (χ1) is 12.7. The fraction of sp³-hybridized carbons (Fsp3) is 0.250. The number of hydrogen-bond acceptors (Lipinski definition) is 4. The van der Waals surface area contributed by atoms with Gasteiger partial charge >= 0.3 is 0 Å². The van der Waals surface area contributed by atoms with E-state index in [-0.39, 0.29) is 11.7 Å². The van der Waals surface area contributed by atoms with Crippen molar-refractivity contribution in [1.82, 2.24) is 5.32 Å². The molecule has 0 unspecified atom stereocenters. The molecule has 6 heteroatoms. The van der Waals surface area contributed by atoms with Gasteiger partial charge in [-0.25, -0.2) is 4.39 Å². The van der Waals surface area contributed by atoms with Gasteiger partial charge in [0.15, 0.2) is 11.5 Å². The molecule has 0 saturated carbocycles. The maximum atomic E-state index is 13.1. The Balaban J connectivity index is 1.58. The van der Waals surface area contributed by atoms with Crippen molar-refractivity contribution < 1.29 is 23.4 Å². The summed E-state index contributed by atoms with van der Waals surface area (Å²) >= 11 is 0. The summed E-state index contributed by atoms with van der Waals surface area (Å²) in [5, 5.41) is 2.78. The van der Waals surface area contributed by atoms with Crippen LogP contribution in [0.5, 0.6) is 17.2 Å². The van der Waals surface area contributed by atoms with Crippen molar-refractivity contribution in [2.24, 2.45) is 0 Å². The molecule has 1 aliphatic rings. The minimum Gasteiger partial charge on any atom is -0.493 e. The first-order valence-corrected chi connectivity index (χ1v) is 8.33. The third-order valence-electron chi connectivity index (χ3n) is 3.88. The van der Waals surface area contributed by atoms with E-state index in [2.05, 4.69) is 5.32 Å². The predicted molar refractivity (Wildman–Crippen MR) is 96.1 cm³/mol. The highest BCUT2D eigenvalue weighted by Gasteiger charge is 2.17. The van der Waals surface area contributed by atoms with Crippen LogP contribution in [0.25, 0.3) is 6.08 Å². The number of halogens is 1. The van der Waals surface area contributed by atoms with E-state index in [1.165, 1.54) is 18.2 Å². The minimum atomic E-state index is -0.277. The lowest BCUT2D eigenvalue weighted by atomic mass is 10.1. The third kappa shape index (κ3) is 4.53. The molecule has 3 rings (SSSR count). The predicted octanol–water partition coefficient (Wildman–Crippen LogP) is 2.98. The van der Waals surface area contributed by atoms with Gasteiger partial charge in [0, 0.05) is 12.6 Å². The average Bonchev–Trinajstić information content (AvgIpc) is 2.65. The summed E-state index contributed by atoms with van der Waals surface area (Å²) in [7, 11) is 1.56. The highest BCUT2D eigenvalue weighted by molar-refractivity contribution is 5.91. The molecule has 2 aromatic carbocycles. The second kappa shape index (κ2) is 8.38. The highest BCUT2D eigenvalue weighted by atomic mass is 19.1. The van der Waals surface area contributed by atoms with Gasteiger partial charge < -0.3 is 19.5 Å². The summed E-state index contributed by atoms with van der Waals surface area (Å²) in [6.45, 7) is 1.38. The Bertz CT molecular complexity index is 802. The van der Waals surface area contributed by atoms with Crippen molar-refractivity contribution in [2.45, 2.75) is 6.42 Å². The monoisotopic (exact) mass is 357 g/mol. The summed E-state index contributed by atoms with van der Waals surface area (Å²) in [6, 6.07) is 9.92. The van der Waals surface area contributed by atoms with Crippen LogP contribution >= 0.6 is 0 Å². The molecule has 0 radical (unpaired) electrons. The number of benzene rings is 2. The molecular formula is C20H20FNO4. The molecule has 5 nitrogen and oxygen atoms in total. The Kier molecular flexibility index (Phi) is 5.73. The zero-order valence-electron chi connectivity index (χ0n) is 14.5. The van der Waals surface area contributed by atoms with Crippen molar-refractivity contribution in [3.63, 3.8) is 0 Å². The Morgan fingerprint density at radius 2 is 2.12 bits per heavy atom. The number of carbonyl (C=O) groups excluding carboxylic acids is 1. The number of fused-ring (bicyclic) bond motifs is 1. The Labute approximate surface area is 151 Å². The normalized spacial score (nSPS) is 12.8. The van der Waals surface area contributed by atoms with Crippen molar-refractivity contribution in [3.8, 4) is 17.2 Å². The van der Waals surface area contributed by atoms with Gasteiger partial charge in [-0.2, -0.15) is 0 Å². The number of hydrogen-bond donors (Lipinski definition) is 1. The number of rotatable bonds is 6. The summed E-state index contributed by atoms with van der Waals surface area (Å²) in [4.78, 5) is 12.0. The summed E-state index contributed by atoms with van der Waals surface area (Å²) in [5.74, 6) is 1.24. The van der Waals surface area contributed by atoms with E-state index in [9.17, 15) is 9.18 Å². The lowest BCUT2D eigenvalue weighted by Crippen LogP contribution is -2.23. The summed E-state index contributed by atoms with van der Waals surface area (Å²) < 4.78 is 29.5. The highest BCUT2D eigenvalue weighted by Crippen LogP contribution is 2.40.